The number of esters is 1. The van der Waals surface area contributed by atoms with Gasteiger partial charge in [0, 0.05) is 11.8 Å². The van der Waals surface area contributed by atoms with E-state index < -0.39 is 12.1 Å². The minimum absolute atomic E-state index is 0.253. The van der Waals surface area contributed by atoms with E-state index in [0.717, 1.165) is 22.4 Å². The second kappa shape index (κ2) is 9.52. The van der Waals surface area contributed by atoms with Gasteiger partial charge in [0.2, 0.25) is 0 Å². The van der Waals surface area contributed by atoms with Gasteiger partial charge in [-0.05, 0) is 54.7 Å². The van der Waals surface area contributed by atoms with Gasteiger partial charge in [-0.25, -0.2) is 4.79 Å². The zero-order valence-corrected chi connectivity index (χ0v) is 16.5. The van der Waals surface area contributed by atoms with Crippen molar-refractivity contribution in [3.63, 3.8) is 0 Å². The Hall–Kier alpha value is -3.39. The zero-order chi connectivity index (χ0) is 20.7. The Labute approximate surface area is 165 Å². The third-order valence-corrected chi connectivity index (χ3v) is 4.29. The van der Waals surface area contributed by atoms with Crippen molar-refractivity contribution in [1.29, 1.82) is 5.26 Å². The Kier molecular flexibility index (Phi) is 7.11. The lowest BCUT2D eigenvalue weighted by Gasteiger charge is -2.18. The molecular weight excluding hydrogens is 352 g/mol. The van der Waals surface area contributed by atoms with Gasteiger partial charge in [-0.2, -0.15) is 5.26 Å². The number of nitriles is 1. The average Bonchev–Trinajstić information content (AvgIpc) is 2.67. The van der Waals surface area contributed by atoms with Crippen molar-refractivity contribution >= 4 is 23.6 Å². The molecule has 0 saturated carbocycles. The molecule has 2 aromatic carbocycles. The van der Waals surface area contributed by atoms with E-state index >= 15 is 0 Å². The lowest BCUT2D eigenvalue weighted by molar-refractivity contribution is -0.148. The third kappa shape index (κ3) is 5.55. The highest BCUT2D eigenvalue weighted by Gasteiger charge is 2.19. The van der Waals surface area contributed by atoms with Gasteiger partial charge in [0.25, 0.3) is 5.91 Å². The van der Waals surface area contributed by atoms with Crippen molar-refractivity contribution in [2.24, 2.45) is 0 Å². The number of nitrogens with one attached hydrogen (secondary N) is 1. The summed E-state index contributed by atoms with van der Waals surface area (Å²) in [4.78, 5) is 24.5. The second-order valence-corrected chi connectivity index (χ2v) is 6.83. The zero-order valence-electron chi connectivity index (χ0n) is 16.5. The molecule has 28 heavy (non-hydrogen) atoms. The second-order valence-electron chi connectivity index (χ2n) is 6.83. The van der Waals surface area contributed by atoms with Crippen molar-refractivity contribution in [3.05, 3.63) is 70.8 Å². The Bertz CT molecular complexity index is 922. The van der Waals surface area contributed by atoms with E-state index in [1.807, 2.05) is 31.2 Å². The molecule has 0 aliphatic carbocycles. The first-order valence-electron chi connectivity index (χ1n) is 9.11. The topological polar surface area (TPSA) is 79.2 Å². The van der Waals surface area contributed by atoms with Crippen LogP contribution in [0, 0.1) is 18.3 Å². The number of anilines is 1. The van der Waals surface area contributed by atoms with E-state index in [2.05, 4.69) is 19.2 Å². The molecule has 2 rings (SSSR count). The van der Waals surface area contributed by atoms with E-state index in [0.29, 0.717) is 5.56 Å². The van der Waals surface area contributed by atoms with E-state index in [-0.39, 0.29) is 11.8 Å². The van der Waals surface area contributed by atoms with Crippen LogP contribution in [0.5, 0.6) is 0 Å². The van der Waals surface area contributed by atoms with Crippen LogP contribution in [0.4, 0.5) is 5.69 Å². The molecule has 0 bridgehead atoms. The molecule has 0 aliphatic heterocycles. The van der Waals surface area contributed by atoms with Crippen LogP contribution in [0.15, 0.2) is 48.5 Å². The number of benzene rings is 2. The first-order chi connectivity index (χ1) is 13.3. The van der Waals surface area contributed by atoms with Gasteiger partial charge in [-0.3, -0.25) is 4.79 Å². The van der Waals surface area contributed by atoms with Crippen molar-refractivity contribution in [2.45, 2.75) is 39.7 Å². The molecule has 1 atom stereocenters. The molecule has 1 N–H and O–H groups in total. The number of amides is 1. The maximum Gasteiger partial charge on any atom is 0.331 e. The maximum absolute atomic E-state index is 12.5. The lowest BCUT2D eigenvalue weighted by atomic mass is 9.98. The number of hydrogen-bond donors (Lipinski definition) is 1. The number of aryl methyl sites for hydroxylation is 1. The Morgan fingerprint density at radius 1 is 1.11 bits per heavy atom. The van der Waals surface area contributed by atoms with Crippen LogP contribution in [0.2, 0.25) is 0 Å². The van der Waals surface area contributed by atoms with Crippen LogP contribution in [-0.4, -0.2) is 18.0 Å². The number of rotatable bonds is 6. The van der Waals surface area contributed by atoms with Crippen LogP contribution in [0.25, 0.3) is 6.08 Å². The largest absolute Gasteiger partial charge is 0.449 e. The summed E-state index contributed by atoms with van der Waals surface area (Å²) in [6.07, 6.45) is 1.91. The van der Waals surface area contributed by atoms with Crippen LogP contribution in [0.3, 0.4) is 0 Å². The summed E-state index contributed by atoms with van der Waals surface area (Å²) < 4.78 is 5.20. The summed E-state index contributed by atoms with van der Waals surface area (Å²) in [5, 5.41) is 11.7. The molecule has 0 aromatic heterocycles. The molecule has 0 aliphatic rings. The molecule has 0 heterocycles. The molecule has 1 amide bonds. The van der Waals surface area contributed by atoms with Gasteiger partial charge >= 0.3 is 5.97 Å². The van der Waals surface area contributed by atoms with Gasteiger partial charge in [-0.15, -0.1) is 0 Å². The van der Waals surface area contributed by atoms with E-state index in [4.69, 9.17) is 10.00 Å². The van der Waals surface area contributed by atoms with Gasteiger partial charge in [0.1, 0.15) is 0 Å². The number of hydrogen-bond acceptors (Lipinski definition) is 4. The number of ether oxygens (including phenoxy) is 1. The standard InChI is InChI=1S/C23H24N2O3/c1-15(2)20-7-5-6-16(3)22(20)25-23(27)17(4)28-21(26)13-12-18-8-10-19(14-24)11-9-18/h5-13,15,17H,1-4H3,(H,25,27)/b13-12+/t17-/m0/s1. The molecule has 0 radical (unpaired) electrons. The highest BCUT2D eigenvalue weighted by molar-refractivity contribution is 5.97. The average molecular weight is 376 g/mol. The number of carbonyl (C=O) groups excluding carboxylic acids is 2. The van der Waals surface area contributed by atoms with Crippen LogP contribution >= 0.6 is 0 Å². The molecule has 0 saturated heterocycles. The van der Waals surface area contributed by atoms with Gasteiger partial charge < -0.3 is 10.1 Å². The molecule has 2 aromatic rings. The summed E-state index contributed by atoms with van der Waals surface area (Å²) in [6.45, 7) is 7.58. The van der Waals surface area contributed by atoms with Gasteiger partial charge in [0.15, 0.2) is 6.10 Å². The molecule has 0 unspecified atom stereocenters. The quantitative estimate of drug-likeness (QED) is 0.591. The molecular formula is C23H24N2O3. The maximum atomic E-state index is 12.5. The molecule has 5 nitrogen and oxygen atoms in total. The number of para-hydroxylation sites is 1. The Balaban J connectivity index is 1.99. The minimum Gasteiger partial charge on any atom is -0.449 e. The number of carbonyl (C=O) groups is 2. The monoisotopic (exact) mass is 376 g/mol. The fraction of sp³-hybridized carbons (Fsp3) is 0.261. The van der Waals surface area contributed by atoms with Crippen molar-refractivity contribution < 1.29 is 14.3 Å². The smallest absolute Gasteiger partial charge is 0.331 e. The summed E-state index contributed by atoms with van der Waals surface area (Å²) >= 11 is 0. The predicted molar refractivity (Wildman–Crippen MR) is 110 cm³/mol. The fourth-order valence-electron chi connectivity index (χ4n) is 2.67. The Morgan fingerprint density at radius 3 is 2.39 bits per heavy atom. The summed E-state index contributed by atoms with van der Waals surface area (Å²) in [5.74, 6) is -0.736. The van der Waals surface area contributed by atoms with E-state index in [9.17, 15) is 9.59 Å². The molecule has 144 valence electrons. The van der Waals surface area contributed by atoms with Crippen LogP contribution in [-0.2, 0) is 14.3 Å². The van der Waals surface area contributed by atoms with Crippen molar-refractivity contribution in [2.75, 3.05) is 5.32 Å². The summed E-state index contributed by atoms with van der Waals surface area (Å²) in [5.41, 5.74) is 4.06. The normalized spacial score (nSPS) is 11.9. The van der Waals surface area contributed by atoms with Gasteiger partial charge in [0.05, 0.1) is 11.6 Å². The number of nitrogens with zero attached hydrogens (tertiary/aromatic N) is 1. The highest BCUT2D eigenvalue weighted by Crippen LogP contribution is 2.27. The third-order valence-electron chi connectivity index (χ3n) is 4.29. The van der Waals surface area contributed by atoms with Crippen molar-refractivity contribution in [1.82, 2.24) is 0 Å². The molecule has 0 fully saturated rings. The molecule has 5 heteroatoms. The minimum atomic E-state index is -0.933. The SMILES string of the molecule is Cc1cccc(C(C)C)c1NC(=O)[C@H](C)OC(=O)/C=C/c1ccc(C#N)cc1. The first kappa shape index (κ1) is 20.9. The summed E-state index contributed by atoms with van der Waals surface area (Å²) in [7, 11) is 0. The Morgan fingerprint density at radius 2 is 1.79 bits per heavy atom. The lowest BCUT2D eigenvalue weighted by Crippen LogP contribution is -2.30. The summed E-state index contributed by atoms with van der Waals surface area (Å²) in [6, 6.07) is 14.7. The molecule has 0 spiro atoms. The van der Waals surface area contributed by atoms with Crippen LogP contribution < -0.4 is 5.32 Å². The van der Waals surface area contributed by atoms with Crippen molar-refractivity contribution in [3.8, 4) is 6.07 Å². The predicted octanol–water partition coefficient (Wildman–Crippen LogP) is 4.57. The highest BCUT2D eigenvalue weighted by atomic mass is 16.5. The van der Waals surface area contributed by atoms with Gasteiger partial charge in [-0.1, -0.05) is 44.2 Å². The fourth-order valence-corrected chi connectivity index (χ4v) is 2.67. The van der Waals surface area contributed by atoms with E-state index in [1.54, 1.807) is 30.3 Å². The first-order valence-corrected chi connectivity index (χ1v) is 9.11. The van der Waals surface area contributed by atoms with Crippen LogP contribution in [0.1, 0.15) is 48.9 Å². The van der Waals surface area contributed by atoms with E-state index in [1.165, 1.54) is 13.0 Å².